The SMILES string of the molecule is CC(C)CNCc1cc2ccccc2[nH]c1=O. The van der Waals surface area contributed by atoms with Crippen molar-refractivity contribution in [2.24, 2.45) is 5.92 Å². The summed E-state index contributed by atoms with van der Waals surface area (Å²) < 4.78 is 0. The number of rotatable bonds is 4. The van der Waals surface area contributed by atoms with Crippen molar-refractivity contribution in [1.29, 1.82) is 0 Å². The Kier molecular flexibility index (Phi) is 3.59. The minimum absolute atomic E-state index is 0.0000406. The van der Waals surface area contributed by atoms with Gasteiger partial charge < -0.3 is 10.3 Å². The van der Waals surface area contributed by atoms with Gasteiger partial charge in [-0.25, -0.2) is 0 Å². The Balaban J connectivity index is 2.22. The molecule has 0 fully saturated rings. The number of para-hydroxylation sites is 1. The summed E-state index contributed by atoms with van der Waals surface area (Å²) in [4.78, 5) is 14.7. The molecule has 0 amide bonds. The molecule has 0 spiro atoms. The number of pyridine rings is 1. The Morgan fingerprint density at radius 1 is 1.29 bits per heavy atom. The maximum absolute atomic E-state index is 11.8. The van der Waals surface area contributed by atoms with Gasteiger partial charge in [-0.15, -0.1) is 0 Å². The van der Waals surface area contributed by atoms with E-state index in [9.17, 15) is 4.79 Å². The van der Waals surface area contributed by atoms with Crippen molar-refractivity contribution in [1.82, 2.24) is 10.3 Å². The van der Waals surface area contributed by atoms with Crippen LogP contribution in [0.5, 0.6) is 0 Å². The third-order valence-corrected chi connectivity index (χ3v) is 2.70. The van der Waals surface area contributed by atoms with Gasteiger partial charge in [-0.05, 0) is 30.0 Å². The van der Waals surface area contributed by atoms with E-state index in [-0.39, 0.29) is 5.56 Å². The predicted molar refractivity (Wildman–Crippen MR) is 71.1 cm³/mol. The highest BCUT2D eigenvalue weighted by Gasteiger charge is 2.02. The molecule has 1 heterocycles. The van der Waals surface area contributed by atoms with Crippen LogP contribution in [0.1, 0.15) is 19.4 Å². The molecule has 1 aromatic heterocycles. The van der Waals surface area contributed by atoms with Crippen molar-refractivity contribution >= 4 is 10.9 Å². The third-order valence-electron chi connectivity index (χ3n) is 2.70. The van der Waals surface area contributed by atoms with E-state index < -0.39 is 0 Å². The van der Waals surface area contributed by atoms with Crippen molar-refractivity contribution in [2.75, 3.05) is 6.54 Å². The topological polar surface area (TPSA) is 44.9 Å². The van der Waals surface area contributed by atoms with Crippen molar-refractivity contribution in [3.8, 4) is 0 Å². The van der Waals surface area contributed by atoms with Crippen LogP contribution in [0.25, 0.3) is 10.9 Å². The molecule has 0 bridgehead atoms. The van der Waals surface area contributed by atoms with E-state index in [1.54, 1.807) is 0 Å². The molecule has 3 heteroatoms. The van der Waals surface area contributed by atoms with Gasteiger partial charge in [-0.2, -0.15) is 0 Å². The smallest absolute Gasteiger partial charge is 0.252 e. The molecule has 0 unspecified atom stereocenters. The van der Waals surface area contributed by atoms with Crippen LogP contribution < -0.4 is 10.9 Å². The van der Waals surface area contributed by atoms with E-state index in [4.69, 9.17) is 0 Å². The Bertz CT molecular complexity index is 557. The maximum Gasteiger partial charge on any atom is 0.252 e. The third kappa shape index (κ3) is 2.94. The fraction of sp³-hybridized carbons (Fsp3) is 0.357. The standard InChI is InChI=1S/C14H18N2O/c1-10(2)8-15-9-12-7-11-5-3-4-6-13(11)16-14(12)17/h3-7,10,15H,8-9H2,1-2H3,(H,16,17). The monoisotopic (exact) mass is 230 g/mol. The molecular formula is C14H18N2O. The molecule has 2 N–H and O–H groups in total. The van der Waals surface area contributed by atoms with Crippen LogP contribution in [0.4, 0.5) is 0 Å². The number of hydrogen-bond donors (Lipinski definition) is 2. The largest absolute Gasteiger partial charge is 0.322 e. The van der Waals surface area contributed by atoms with Gasteiger partial charge in [0.25, 0.3) is 5.56 Å². The normalized spacial score (nSPS) is 11.2. The zero-order valence-electron chi connectivity index (χ0n) is 10.3. The molecule has 2 aromatic rings. The quantitative estimate of drug-likeness (QED) is 0.846. The summed E-state index contributed by atoms with van der Waals surface area (Å²) in [6.07, 6.45) is 0. The Labute approximate surface area is 101 Å². The lowest BCUT2D eigenvalue weighted by Gasteiger charge is -2.07. The highest BCUT2D eigenvalue weighted by Crippen LogP contribution is 2.09. The van der Waals surface area contributed by atoms with E-state index >= 15 is 0 Å². The highest BCUT2D eigenvalue weighted by atomic mass is 16.1. The van der Waals surface area contributed by atoms with Crippen molar-refractivity contribution in [2.45, 2.75) is 20.4 Å². The maximum atomic E-state index is 11.8. The van der Waals surface area contributed by atoms with Crippen LogP contribution in [-0.4, -0.2) is 11.5 Å². The lowest BCUT2D eigenvalue weighted by atomic mass is 10.1. The molecule has 0 atom stereocenters. The van der Waals surface area contributed by atoms with Crippen LogP contribution in [0.3, 0.4) is 0 Å². The fourth-order valence-corrected chi connectivity index (χ4v) is 1.82. The minimum Gasteiger partial charge on any atom is -0.322 e. The lowest BCUT2D eigenvalue weighted by molar-refractivity contribution is 0.551. The van der Waals surface area contributed by atoms with Crippen molar-refractivity contribution in [3.63, 3.8) is 0 Å². The van der Waals surface area contributed by atoms with Gasteiger partial charge in [0.2, 0.25) is 0 Å². The highest BCUT2D eigenvalue weighted by molar-refractivity contribution is 5.78. The molecule has 90 valence electrons. The zero-order valence-corrected chi connectivity index (χ0v) is 10.3. The molecule has 17 heavy (non-hydrogen) atoms. The molecule has 0 aliphatic carbocycles. The molecule has 0 saturated carbocycles. The molecular weight excluding hydrogens is 212 g/mol. The van der Waals surface area contributed by atoms with Gasteiger partial charge in [-0.3, -0.25) is 4.79 Å². The van der Waals surface area contributed by atoms with Crippen molar-refractivity contribution in [3.05, 3.63) is 46.2 Å². The molecule has 2 rings (SSSR count). The zero-order chi connectivity index (χ0) is 12.3. The molecule has 1 aromatic carbocycles. The van der Waals surface area contributed by atoms with E-state index in [1.807, 2.05) is 30.3 Å². The van der Waals surface area contributed by atoms with Crippen LogP contribution in [-0.2, 0) is 6.54 Å². The summed E-state index contributed by atoms with van der Waals surface area (Å²) in [7, 11) is 0. The number of fused-ring (bicyclic) bond motifs is 1. The Morgan fingerprint density at radius 2 is 2.06 bits per heavy atom. The molecule has 0 radical (unpaired) electrons. The van der Waals surface area contributed by atoms with Crippen molar-refractivity contribution < 1.29 is 0 Å². The summed E-state index contributed by atoms with van der Waals surface area (Å²) in [5, 5.41) is 4.36. The number of aromatic nitrogens is 1. The van der Waals surface area contributed by atoms with E-state index in [0.29, 0.717) is 12.5 Å². The second-order valence-corrected chi connectivity index (χ2v) is 4.74. The van der Waals surface area contributed by atoms with Gasteiger partial charge in [0.15, 0.2) is 0 Å². The molecule has 3 nitrogen and oxygen atoms in total. The van der Waals surface area contributed by atoms with Gasteiger partial charge in [0, 0.05) is 17.6 Å². The van der Waals surface area contributed by atoms with E-state index in [1.165, 1.54) is 0 Å². The molecule has 0 aliphatic rings. The first-order valence-electron chi connectivity index (χ1n) is 5.98. The number of aromatic amines is 1. The van der Waals surface area contributed by atoms with E-state index in [2.05, 4.69) is 24.1 Å². The summed E-state index contributed by atoms with van der Waals surface area (Å²) in [6.45, 7) is 5.85. The number of hydrogen-bond acceptors (Lipinski definition) is 2. The fourth-order valence-electron chi connectivity index (χ4n) is 1.82. The second kappa shape index (κ2) is 5.15. The average Bonchev–Trinajstić information content (AvgIpc) is 2.29. The Morgan fingerprint density at radius 3 is 2.82 bits per heavy atom. The van der Waals surface area contributed by atoms with Gasteiger partial charge in [-0.1, -0.05) is 32.0 Å². The lowest BCUT2D eigenvalue weighted by Crippen LogP contribution is -2.24. The summed E-state index contributed by atoms with van der Waals surface area (Å²) in [6, 6.07) is 9.79. The first kappa shape index (κ1) is 11.9. The summed E-state index contributed by atoms with van der Waals surface area (Å²) >= 11 is 0. The first-order chi connectivity index (χ1) is 8.16. The summed E-state index contributed by atoms with van der Waals surface area (Å²) in [5.74, 6) is 0.592. The van der Waals surface area contributed by atoms with Gasteiger partial charge in [0.05, 0.1) is 0 Å². The Hall–Kier alpha value is -1.61. The molecule has 0 saturated heterocycles. The summed E-state index contributed by atoms with van der Waals surface area (Å²) in [5.41, 5.74) is 1.69. The second-order valence-electron chi connectivity index (χ2n) is 4.74. The number of benzene rings is 1. The van der Waals surface area contributed by atoms with Gasteiger partial charge >= 0.3 is 0 Å². The number of H-pyrrole nitrogens is 1. The first-order valence-corrected chi connectivity index (χ1v) is 5.98. The van der Waals surface area contributed by atoms with Crippen LogP contribution >= 0.6 is 0 Å². The molecule has 0 aliphatic heterocycles. The van der Waals surface area contributed by atoms with Crippen LogP contribution in [0.15, 0.2) is 35.1 Å². The predicted octanol–water partition coefficient (Wildman–Crippen LogP) is 2.27. The average molecular weight is 230 g/mol. The number of nitrogens with one attached hydrogen (secondary N) is 2. The van der Waals surface area contributed by atoms with Crippen LogP contribution in [0.2, 0.25) is 0 Å². The van der Waals surface area contributed by atoms with Crippen LogP contribution in [0, 0.1) is 5.92 Å². The minimum atomic E-state index is -0.0000406. The van der Waals surface area contributed by atoms with E-state index in [0.717, 1.165) is 23.0 Å². The van der Waals surface area contributed by atoms with Gasteiger partial charge in [0.1, 0.15) is 0 Å².